The summed E-state index contributed by atoms with van der Waals surface area (Å²) >= 11 is 0. The van der Waals surface area contributed by atoms with E-state index in [0.29, 0.717) is 11.3 Å². The minimum absolute atomic E-state index is 0.0961. The minimum Gasteiger partial charge on any atom is -0.322 e. The van der Waals surface area contributed by atoms with Crippen molar-refractivity contribution in [1.29, 1.82) is 0 Å². The first kappa shape index (κ1) is 20.6. The van der Waals surface area contributed by atoms with Gasteiger partial charge in [-0.05, 0) is 86.8 Å². The maximum atomic E-state index is 12.6. The van der Waals surface area contributed by atoms with Crippen molar-refractivity contribution < 1.29 is 13.2 Å². The van der Waals surface area contributed by atoms with E-state index in [1.165, 1.54) is 24.3 Å². The number of sulfonamides is 1. The van der Waals surface area contributed by atoms with Crippen molar-refractivity contribution in [3.63, 3.8) is 0 Å². The number of hydrogen-bond donors (Lipinski definition) is 2. The molecule has 0 aromatic heterocycles. The van der Waals surface area contributed by atoms with Gasteiger partial charge in [0.15, 0.2) is 0 Å². The first-order valence-electron chi connectivity index (χ1n) is 9.24. The molecule has 0 unspecified atom stereocenters. The van der Waals surface area contributed by atoms with Crippen molar-refractivity contribution in [2.45, 2.75) is 32.6 Å². The number of rotatable bonds is 5. The predicted octanol–water partition coefficient (Wildman–Crippen LogP) is 4.97. The monoisotopic (exact) mass is 408 g/mol. The molecule has 2 N–H and O–H groups in total. The fourth-order valence-corrected chi connectivity index (χ4v) is 4.00. The van der Waals surface area contributed by atoms with Gasteiger partial charge >= 0.3 is 0 Å². The number of nitrogens with one attached hydrogen (secondary N) is 2. The second-order valence-electron chi connectivity index (χ2n) is 7.20. The van der Waals surface area contributed by atoms with Crippen LogP contribution in [0.1, 0.15) is 32.6 Å². The van der Waals surface area contributed by atoms with E-state index in [9.17, 15) is 13.2 Å². The molecule has 0 spiro atoms. The number of anilines is 2. The molecule has 0 heterocycles. The molecule has 0 aliphatic rings. The van der Waals surface area contributed by atoms with Gasteiger partial charge in [0.25, 0.3) is 15.9 Å². The summed E-state index contributed by atoms with van der Waals surface area (Å²) in [6.45, 7) is 7.81. The normalized spacial score (nSPS) is 11.2. The summed E-state index contributed by atoms with van der Waals surface area (Å²) < 4.78 is 27.8. The summed E-state index contributed by atoms with van der Waals surface area (Å²) in [5.74, 6) is -0.289. The van der Waals surface area contributed by atoms with Crippen LogP contribution < -0.4 is 10.0 Å². The van der Waals surface area contributed by atoms with E-state index in [1.807, 2.05) is 52.0 Å². The van der Waals surface area contributed by atoms with Crippen LogP contribution in [0.25, 0.3) is 0 Å². The van der Waals surface area contributed by atoms with E-state index in [2.05, 4.69) is 10.0 Å². The fourth-order valence-electron chi connectivity index (χ4n) is 2.95. The predicted molar refractivity (Wildman–Crippen MR) is 117 cm³/mol. The molecule has 0 bridgehead atoms. The van der Waals surface area contributed by atoms with Gasteiger partial charge in [-0.15, -0.1) is 0 Å². The third kappa shape index (κ3) is 4.84. The van der Waals surface area contributed by atoms with Crippen LogP contribution in [0, 0.1) is 27.7 Å². The highest BCUT2D eigenvalue weighted by Gasteiger charge is 2.16. The quantitative estimate of drug-likeness (QED) is 0.626. The molecule has 3 rings (SSSR count). The summed E-state index contributed by atoms with van der Waals surface area (Å²) in [4.78, 5) is 12.6. The molecule has 0 aliphatic carbocycles. The van der Waals surface area contributed by atoms with Gasteiger partial charge < -0.3 is 5.32 Å². The van der Waals surface area contributed by atoms with Crippen LogP contribution >= 0.6 is 0 Å². The Morgan fingerprint density at radius 3 is 2.07 bits per heavy atom. The molecule has 0 fully saturated rings. The molecular formula is C23H24N2O3S. The van der Waals surface area contributed by atoms with Gasteiger partial charge in [-0.2, -0.15) is 0 Å². The zero-order chi connectivity index (χ0) is 21.2. The zero-order valence-electron chi connectivity index (χ0n) is 16.9. The molecule has 5 nitrogen and oxygen atoms in total. The average molecular weight is 409 g/mol. The lowest BCUT2D eigenvalue weighted by atomic mass is 10.1. The zero-order valence-corrected chi connectivity index (χ0v) is 17.7. The summed E-state index contributed by atoms with van der Waals surface area (Å²) in [5, 5.41) is 2.86. The topological polar surface area (TPSA) is 75.3 Å². The van der Waals surface area contributed by atoms with Gasteiger partial charge in [0.05, 0.1) is 4.90 Å². The maximum absolute atomic E-state index is 12.6. The summed E-state index contributed by atoms with van der Waals surface area (Å²) in [7, 11) is -3.74. The number of hydrogen-bond acceptors (Lipinski definition) is 3. The Morgan fingerprint density at radius 1 is 0.759 bits per heavy atom. The molecule has 3 aromatic carbocycles. The van der Waals surface area contributed by atoms with Gasteiger partial charge in [0.2, 0.25) is 0 Å². The van der Waals surface area contributed by atoms with Crippen LogP contribution in [0.4, 0.5) is 11.4 Å². The third-order valence-electron chi connectivity index (χ3n) is 4.82. The Kier molecular flexibility index (Phi) is 5.75. The van der Waals surface area contributed by atoms with Crippen LogP contribution in [0.3, 0.4) is 0 Å². The second-order valence-corrected chi connectivity index (χ2v) is 8.88. The SMILES string of the molecule is Cc1ccc(NC(=O)c2ccc(S(=O)(=O)Nc3ccc(C)c(C)c3)cc2)c(C)c1. The first-order valence-corrected chi connectivity index (χ1v) is 10.7. The van der Waals surface area contributed by atoms with Crippen LogP contribution in [-0.2, 0) is 10.0 Å². The molecule has 3 aromatic rings. The lowest BCUT2D eigenvalue weighted by molar-refractivity contribution is 0.102. The molecule has 150 valence electrons. The third-order valence-corrected chi connectivity index (χ3v) is 6.21. The molecule has 0 aliphatic heterocycles. The lowest BCUT2D eigenvalue weighted by Crippen LogP contribution is -2.15. The van der Waals surface area contributed by atoms with Crippen molar-refractivity contribution >= 4 is 27.3 Å². The average Bonchev–Trinajstić information content (AvgIpc) is 2.67. The molecule has 0 saturated carbocycles. The van der Waals surface area contributed by atoms with Crippen molar-refractivity contribution in [1.82, 2.24) is 0 Å². The Balaban J connectivity index is 1.76. The summed E-state index contributed by atoms with van der Waals surface area (Å²) in [6.07, 6.45) is 0. The van der Waals surface area contributed by atoms with Crippen LogP contribution in [0.2, 0.25) is 0 Å². The van der Waals surface area contributed by atoms with E-state index in [4.69, 9.17) is 0 Å². The minimum atomic E-state index is -3.74. The number of carbonyl (C=O) groups is 1. The van der Waals surface area contributed by atoms with E-state index in [1.54, 1.807) is 12.1 Å². The highest BCUT2D eigenvalue weighted by atomic mass is 32.2. The van der Waals surface area contributed by atoms with Gasteiger partial charge in [-0.1, -0.05) is 23.8 Å². The Labute approximate surface area is 171 Å². The van der Waals surface area contributed by atoms with Crippen molar-refractivity contribution in [2.75, 3.05) is 10.0 Å². The molecule has 0 saturated heterocycles. The first-order chi connectivity index (χ1) is 13.7. The van der Waals surface area contributed by atoms with Gasteiger partial charge in [0, 0.05) is 16.9 Å². The van der Waals surface area contributed by atoms with E-state index < -0.39 is 10.0 Å². The Morgan fingerprint density at radius 2 is 1.45 bits per heavy atom. The standard InChI is InChI=1S/C23H24N2O3S/c1-15-5-12-22(18(4)13-15)24-23(26)19-7-10-21(11-8-19)29(27,28)25-20-9-6-16(2)17(3)14-20/h5-14,25H,1-4H3,(H,24,26). The molecule has 0 atom stereocenters. The van der Waals surface area contributed by atoms with E-state index in [-0.39, 0.29) is 10.8 Å². The fraction of sp³-hybridized carbons (Fsp3) is 0.174. The summed E-state index contributed by atoms with van der Waals surface area (Å²) in [6, 6.07) is 17.0. The largest absolute Gasteiger partial charge is 0.322 e. The van der Waals surface area contributed by atoms with Crippen molar-refractivity contribution in [3.8, 4) is 0 Å². The van der Waals surface area contributed by atoms with Crippen LogP contribution in [0.15, 0.2) is 65.6 Å². The molecule has 0 radical (unpaired) electrons. The molecule has 6 heteroatoms. The van der Waals surface area contributed by atoms with Gasteiger partial charge in [-0.25, -0.2) is 8.42 Å². The Hall–Kier alpha value is -3.12. The van der Waals surface area contributed by atoms with Crippen molar-refractivity contribution in [3.05, 3.63) is 88.5 Å². The molecule has 1 amide bonds. The van der Waals surface area contributed by atoms with Gasteiger partial charge in [-0.3, -0.25) is 9.52 Å². The van der Waals surface area contributed by atoms with Crippen molar-refractivity contribution in [2.24, 2.45) is 0 Å². The molecular weight excluding hydrogens is 384 g/mol. The summed E-state index contributed by atoms with van der Waals surface area (Å²) in [5.41, 5.74) is 5.80. The molecule has 29 heavy (non-hydrogen) atoms. The number of aryl methyl sites for hydroxylation is 4. The number of carbonyl (C=O) groups excluding carboxylic acids is 1. The van der Waals surface area contributed by atoms with Crippen LogP contribution in [0.5, 0.6) is 0 Å². The highest BCUT2D eigenvalue weighted by molar-refractivity contribution is 7.92. The smallest absolute Gasteiger partial charge is 0.261 e. The highest BCUT2D eigenvalue weighted by Crippen LogP contribution is 2.21. The van der Waals surface area contributed by atoms with Gasteiger partial charge in [0.1, 0.15) is 0 Å². The second kappa shape index (κ2) is 8.09. The lowest BCUT2D eigenvalue weighted by Gasteiger charge is -2.11. The number of benzene rings is 3. The van der Waals surface area contributed by atoms with E-state index in [0.717, 1.165) is 27.9 Å². The Bertz CT molecular complexity index is 1170. The maximum Gasteiger partial charge on any atom is 0.261 e. The van der Waals surface area contributed by atoms with E-state index >= 15 is 0 Å². The number of amides is 1. The van der Waals surface area contributed by atoms with Crippen LogP contribution in [-0.4, -0.2) is 14.3 Å².